The highest BCUT2D eigenvalue weighted by Gasteiger charge is 2.08. The van der Waals surface area contributed by atoms with Gasteiger partial charge in [-0.25, -0.2) is 9.50 Å². The minimum Gasteiger partial charge on any atom is -0.388 e. The highest BCUT2D eigenvalue weighted by molar-refractivity contribution is 5.39. The molecule has 0 aliphatic heterocycles. The molecular formula is C10H14N4O. The molecule has 0 aromatic carbocycles. The first-order chi connectivity index (χ1) is 7.20. The molecule has 2 aromatic heterocycles. The van der Waals surface area contributed by atoms with Crippen molar-refractivity contribution in [3.05, 3.63) is 29.7 Å². The third-order valence-corrected chi connectivity index (χ3v) is 2.28. The van der Waals surface area contributed by atoms with E-state index < -0.39 is 6.10 Å². The highest BCUT2D eigenvalue weighted by Crippen LogP contribution is 2.15. The van der Waals surface area contributed by atoms with Crippen LogP contribution < -0.4 is 5.73 Å². The van der Waals surface area contributed by atoms with Gasteiger partial charge in [0.25, 0.3) is 0 Å². The summed E-state index contributed by atoms with van der Waals surface area (Å²) in [6.07, 6.45) is 3.43. The zero-order chi connectivity index (χ0) is 10.8. The highest BCUT2D eigenvalue weighted by atomic mass is 16.3. The van der Waals surface area contributed by atoms with E-state index in [1.165, 1.54) is 0 Å². The number of hydrogen-bond acceptors (Lipinski definition) is 4. The zero-order valence-electron chi connectivity index (χ0n) is 8.59. The van der Waals surface area contributed by atoms with Crippen molar-refractivity contribution in [3.8, 4) is 0 Å². The van der Waals surface area contributed by atoms with Gasteiger partial charge in [0, 0.05) is 24.0 Å². The molecule has 0 bridgehead atoms. The minimum atomic E-state index is -0.559. The number of aliphatic hydroxyl groups excluding tert-OH is 1. The van der Waals surface area contributed by atoms with Gasteiger partial charge in [-0.2, -0.15) is 5.10 Å². The van der Waals surface area contributed by atoms with Crippen LogP contribution in [-0.2, 0) is 0 Å². The van der Waals surface area contributed by atoms with Gasteiger partial charge in [-0.3, -0.25) is 0 Å². The normalized spacial score (nSPS) is 13.3. The van der Waals surface area contributed by atoms with Crippen molar-refractivity contribution in [2.75, 3.05) is 6.54 Å². The maximum Gasteiger partial charge on any atom is 0.155 e. The lowest BCUT2D eigenvalue weighted by molar-refractivity contribution is 0.169. The number of aromatic nitrogens is 3. The molecule has 0 amide bonds. The molecule has 1 atom stereocenters. The standard InChI is InChI=1S/C10H14N4O/c1-7-4-10-12-5-8(6-14(10)13-7)9(15)2-3-11/h4-6,9,15H,2-3,11H2,1H3. The molecule has 5 nitrogen and oxygen atoms in total. The Balaban J connectivity index is 2.37. The molecule has 2 rings (SSSR count). The predicted molar refractivity (Wildman–Crippen MR) is 56.4 cm³/mol. The van der Waals surface area contributed by atoms with Gasteiger partial charge in [0.2, 0.25) is 0 Å². The fourth-order valence-corrected chi connectivity index (χ4v) is 1.51. The van der Waals surface area contributed by atoms with Gasteiger partial charge >= 0.3 is 0 Å². The Morgan fingerprint density at radius 3 is 3.13 bits per heavy atom. The Morgan fingerprint density at radius 2 is 2.40 bits per heavy atom. The fourth-order valence-electron chi connectivity index (χ4n) is 1.51. The van der Waals surface area contributed by atoms with E-state index in [1.807, 2.05) is 13.0 Å². The van der Waals surface area contributed by atoms with E-state index in [2.05, 4.69) is 10.1 Å². The third-order valence-electron chi connectivity index (χ3n) is 2.28. The predicted octanol–water partition coefficient (Wildman–Crippen LogP) is 0.420. The van der Waals surface area contributed by atoms with Crippen LogP contribution >= 0.6 is 0 Å². The summed E-state index contributed by atoms with van der Waals surface area (Å²) in [6.45, 7) is 2.36. The number of rotatable bonds is 3. The molecule has 3 N–H and O–H groups in total. The molecule has 2 aromatic rings. The van der Waals surface area contributed by atoms with Crippen LogP contribution in [0.1, 0.15) is 23.8 Å². The van der Waals surface area contributed by atoms with Crippen molar-refractivity contribution in [3.63, 3.8) is 0 Å². The topological polar surface area (TPSA) is 76.4 Å². The summed E-state index contributed by atoms with van der Waals surface area (Å²) in [4.78, 5) is 4.20. The van der Waals surface area contributed by atoms with Crippen LogP contribution in [0, 0.1) is 6.92 Å². The van der Waals surface area contributed by atoms with Crippen molar-refractivity contribution in [1.29, 1.82) is 0 Å². The first-order valence-corrected chi connectivity index (χ1v) is 4.91. The molecule has 0 saturated heterocycles. The summed E-state index contributed by atoms with van der Waals surface area (Å²) in [6, 6.07) is 1.89. The first-order valence-electron chi connectivity index (χ1n) is 4.91. The molecule has 2 heterocycles. The summed E-state index contributed by atoms with van der Waals surface area (Å²) in [5.41, 5.74) is 7.83. The van der Waals surface area contributed by atoms with Gasteiger partial charge in [-0.1, -0.05) is 0 Å². The minimum absolute atomic E-state index is 0.456. The van der Waals surface area contributed by atoms with Crippen LogP contribution in [0.25, 0.3) is 5.65 Å². The quantitative estimate of drug-likeness (QED) is 0.763. The maximum absolute atomic E-state index is 9.73. The Bertz CT molecular complexity index is 465. The Labute approximate surface area is 87.6 Å². The molecular weight excluding hydrogens is 192 g/mol. The molecule has 0 saturated carbocycles. The van der Waals surface area contributed by atoms with Gasteiger partial charge in [-0.05, 0) is 19.9 Å². The summed E-state index contributed by atoms with van der Waals surface area (Å²) in [5, 5.41) is 14.0. The lowest BCUT2D eigenvalue weighted by Gasteiger charge is -2.08. The van der Waals surface area contributed by atoms with Gasteiger partial charge in [0.1, 0.15) is 0 Å². The van der Waals surface area contributed by atoms with E-state index in [1.54, 1.807) is 16.9 Å². The number of aliphatic hydroxyl groups is 1. The van der Waals surface area contributed by atoms with Crippen LogP contribution in [0.4, 0.5) is 0 Å². The van der Waals surface area contributed by atoms with E-state index >= 15 is 0 Å². The van der Waals surface area contributed by atoms with E-state index in [-0.39, 0.29) is 0 Å². The van der Waals surface area contributed by atoms with Crippen molar-refractivity contribution in [2.45, 2.75) is 19.4 Å². The summed E-state index contributed by atoms with van der Waals surface area (Å²) in [5.74, 6) is 0. The molecule has 0 aliphatic rings. The number of hydrogen-bond donors (Lipinski definition) is 2. The average Bonchev–Trinajstić information content (AvgIpc) is 2.57. The second-order valence-electron chi connectivity index (χ2n) is 3.57. The number of nitrogens with two attached hydrogens (primary N) is 1. The monoisotopic (exact) mass is 206 g/mol. The maximum atomic E-state index is 9.73. The molecule has 0 aliphatic carbocycles. The van der Waals surface area contributed by atoms with Crippen LogP contribution in [0.15, 0.2) is 18.5 Å². The van der Waals surface area contributed by atoms with Crippen LogP contribution in [0.5, 0.6) is 0 Å². The lowest BCUT2D eigenvalue weighted by atomic mass is 10.1. The van der Waals surface area contributed by atoms with Crippen molar-refractivity contribution < 1.29 is 5.11 Å². The van der Waals surface area contributed by atoms with Crippen LogP contribution in [0.3, 0.4) is 0 Å². The molecule has 15 heavy (non-hydrogen) atoms. The van der Waals surface area contributed by atoms with E-state index in [9.17, 15) is 5.11 Å². The Hall–Kier alpha value is -1.46. The summed E-state index contributed by atoms with van der Waals surface area (Å²) >= 11 is 0. The van der Waals surface area contributed by atoms with Gasteiger partial charge in [0.15, 0.2) is 5.65 Å². The van der Waals surface area contributed by atoms with Crippen molar-refractivity contribution in [1.82, 2.24) is 14.6 Å². The molecule has 0 radical (unpaired) electrons. The van der Waals surface area contributed by atoms with Gasteiger partial charge in [0.05, 0.1) is 11.8 Å². The fraction of sp³-hybridized carbons (Fsp3) is 0.400. The SMILES string of the molecule is Cc1cc2ncc(C(O)CCN)cn2n1. The Morgan fingerprint density at radius 1 is 1.60 bits per heavy atom. The summed E-state index contributed by atoms with van der Waals surface area (Å²) in [7, 11) is 0. The second kappa shape index (κ2) is 3.96. The summed E-state index contributed by atoms with van der Waals surface area (Å²) < 4.78 is 1.67. The molecule has 80 valence electrons. The molecule has 5 heteroatoms. The van der Waals surface area contributed by atoms with Crippen LogP contribution in [-0.4, -0.2) is 26.2 Å². The third kappa shape index (κ3) is 1.98. The second-order valence-corrected chi connectivity index (χ2v) is 3.57. The smallest absolute Gasteiger partial charge is 0.155 e. The molecule has 1 unspecified atom stereocenters. The zero-order valence-corrected chi connectivity index (χ0v) is 8.59. The largest absolute Gasteiger partial charge is 0.388 e. The van der Waals surface area contributed by atoms with Crippen molar-refractivity contribution >= 4 is 5.65 Å². The van der Waals surface area contributed by atoms with Gasteiger partial charge in [-0.15, -0.1) is 0 Å². The number of nitrogens with zero attached hydrogens (tertiary/aromatic N) is 3. The molecule has 0 spiro atoms. The molecule has 0 fully saturated rings. The van der Waals surface area contributed by atoms with Crippen LogP contribution in [0.2, 0.25) is 0 Å². The first kappa shape index (κ1) is 10.1. The Kier molecular flexibility index (Phi) is 2.66. The number of aryl methyl sites for hydroxylation is 1. The lowest BCUT2D eigenvalue weighted by Crippen LogP contribution is -2.08. The van der Waals surface area contributed by atoms with E-state index in [4.69, 9.17) is 5.73 Å². The van der Waals surface area contributed by atoms with Crippen molar-refractivity contribution in [2.24, 2.45) is 5.73 Å². The van der Waals surface area contributed by atoms with E-state index in [0.717, 1.165) is 16.9 Å². The van der Waals surface area contributed by atoms with Gasteiger partial charge < -0.3 is 10.8 Å². The number of fused-ring (bicyclic) bond motifs is 1. The van der Waals surface area contributed by atoms with E-state index in [0.29, 0.717) is 13.0 Å². The average molecular weight is 206 g/mol.